The Balaban J connectivity index is 2.33. The van der Waals surface area contributed by atoms with E-state index in [-0.39, 0.29) is 0 Å². The Morgan fingerprint density at radius 1 is 1.21 bits per heavy atom. The van der Waals surface area contributed by atoms with Crippen molar-refractivity contribution in [3.05, 3.63) is 41.0 Å². The van der Waals surface area contributed by atoms with Gasteiger partial charge in [0.2, 0.25) is 5.88 Å². The minimum atomic E-state index is 0.383. The molecular formula is C14H15ClN2OS. The van der Waals surface area contributed by atoms with E-state index in [1.54, 1.807) is 6.07 Å². The number of ether oxygens (including phenoxy) is 1. The molecule has 1 heterocycles. The third-order valence-electron chi connectivity index (χ3n) is 2.59. The van der Waals surface area contributed by atoms with Gasteiger partial charge in [-0.15, -0.1) is 0 Å². The van der Waals surface area contributed by atoms with Gasteiger partial charge in [0.25, 0.3) is 0 Å². The topological polar surface area (TPSA) is 35.0 Å². The Hall–Kier alpha value is -1.26. The van der Waals surface area contributed by atoms with Crippen molar-refractivity contribution >= 4 is 23.4 Å². The second-order valence-corrected chi connectivity index (χ2v) is 5.47. The molecule has 0 aliphatic heterocycles. The first-order valence-electron chi connectivity index (χ1n) is 5.95. The largest absolute Gasteiger partial charge is 0.439 e. The van der Waals surface area contributed by atoms with Crippen LogP contribution in [0.25, 0.3) is 0 Å². The molecule has 1 aromatic carbocycles. The first kappa shape index (κ1) is 14.2. The molecule has 0 aliphatic carbocycles. The minimum absolute atomic E-state index is 0.383. The number of benzene rings is 1. The molecule has 0 saturated heterocycles. The SMILES string of the molecule is CSc1nc(Cl)cc(Oc2ccccc2C(C)C)n1. The van der Waals surface area contributed by atoms with Crippen molar-refractivity contribution < 1.29 is 4.74 Å². The lowest BCUT2D eigenvalue weighted by Gasteiger charge is -2.13. The number of rotatable bonds is 4. The van der Waals surface area contributed by atoms with Gasteiger partial charge >= 0.3 is 0 Å². The van der Waals surface area contributed by atoms with Crippen molar-refractivity contribution in [3.63, 3.8) is 0 Å². The zero-order valence-electron chi connectivity index (χ0n) is 11.1. The zero-order chi connectivity index (χ0) is 13.8. The Morgan fingerprint density at radius 2 is 1.95 bits per heavy atom. The van der Waals surface area contributed by atoms with Gasteiger partial charge in [0.1, 0.15) is 10.9 Å². The van der Waals surface area contributed by atoms with Crippen LogP contribution in [0, 0.1) is 0 Å². The lowest BCUT2D eigenvalue weighted by Crippen LogP contribution is -1.96. The molecule has 0 amide bonds. The average molecular weight is 295 g/mol. The van der Waals surface area contributed by atoms with Gasteiger partial charge in [-0.05, 0) is 23.8 Å². The van der Waals surface area contributed by atoms with Gasteiger partial charge in [-0.2, -0.15) is 4.98 Å². The maximum atomic E-state index is 5.95. The molecule has 0 atom stereocenters. The monoisotopic (exact) mass is 294 g/mol. The van der Waals surface area contributed by atoms with Crippen LogP contribution in [0.4, 0.5) is 0 Å². The van der Waals surface area contributed by atoms with Gasteiger partial charge in [-0.1, -0.05) is 55.4 Å². The van der Waals surface area contributed by atoms with Crippen LogP contribution in [0.1, 0.15) is 25.3 Å². The quantitative estimate of drug-likeness (QED) is 0.462. The summed E-state index contributed by atoms with van der Waals surface area (Å²) in [6, 6.07) is 9.56. The van der Waals surface area contributed by atoms with Gasteiger partial charge in [0, 0.05) is 6.07 Å². The highest BCUT2D eigenvalue weighted by molar-refractivity contribution is 7.98. The van der Waals surface area contributed by atoms with Crippen LogP contribution in [-0.2, 0) is 0 Å². The second kappa shape index (κ2) is 6.26. The van der Waals surface area contributed by atoms with Crippen molar-refractivity contribution in [2.75, 3.05) is 6.26 Å². The van der Waals surface area contributed by atoms with E-state index in [1.807, 2.05) is 24.5 Å². The van der Waals surface area contributed by atoms with Crippen LogP contribution < -0.4 is 4.74 Å². The molecule has 0 aliphatic rings. The van der Waals surface area contributed by atoms with Gasteiger partial charge in [-0.25, -0.2) is 4.98 Å². The van der Waals surface area contributed by atoms with E-state index in [2.05, 4.69) is 29.9 Å². The highest BCUT2D eigenvalue weighted by atomic mass is 35.5. The normalized spacial score (nSPS) is 10.8. The summed E-state index contributed by atoms with van der Waals surface area (Å²) in [5.41, 5.74) is 1.14. The summed E-state index contributed by atoms with van der Waals surface area (Å²) in [6.07, 6.45) is 1.90. The molecule has 0 spiro atoms. The molecule has 0 radical (unpaired) electrons. The highest BCUT2D eigenvalue weighted by Crippen LogP contribution is 2.30. The molecule has 2 rings (SSSR count). The smallest absolute Gasteiger partial charge is 0.224 e. The number of hydrogen-bond acceptors (Lipinski definition) is 4. The van der Waals surface area contributed by atoms with E-state index in [9.17, 15) is 0 Å². The predicted octanol–water partition coefficient (Wildman–Crippen LogP) is 4.77. The van der Waals surface area contributed by atoms with Crippen molar-refractivity contribution in [2.45, 2.75) is 24.9 Å². The van der Waals surface area contributed by atoms with Crippen LogP contribution in [0.15, 0.2) is 35.5 Å². The first-order chi connectivity index (χ1) is 9.10. The summed E-state index contributed by atoms with van der Waals surface area (Å²) in [6.45, 7) is 4.25. The number of para-hydroxylation sites is 1. The van der Waals surface area contributed by atoms with E-state index >= 15 is 0 Å². The summed E-state index contributed by atoms with van der Waals surface area (Å²) in [7, 11) is 0. The summed E-state index contributed by atoms with van der Waals surface area (Å²) < 4.78 is 5.85. The molecule has 0 N–H and O–H groups in total. The third-order valence-corrected chi connectivity index (χ3v) is 3.33. The Bertz CT molecular complexity index is 575. The van der Waals surface area contributed by atoms with Crippen LogP contribution >= 0.6 is 23.4 Å². The first-order valence-corrected chi connectivity index (χ1v) is 7.55. The van der Waals surface area contributed by atoms with E-state index in [0.717, 1.165) is 11.3 Å². The van der Waals surface area contributed by atoms with E-state index in [4.69, 9.17) is 16.3 Å². The number of nitrogens with zero attached hydrogens (tertiary/aromatic N) is 2. The second-order valence-electron chi connectivity index (χ2n) is 4.31. The van der Waals surface area contributed by atoms with Crippen molar-refractivity contribution in [3.8, 4) is 11.6 Å². The fourth-order valence-electron chi connectivity index (χ4n) is 1.68. The summed E-state index contributed by atoms with van der Waals surface area (Å²) in [5.74, 6) is 1.66. The van der Waals surface area contributed by atoms with Crippen LogP contribution in [-0.4, -0.2) is 16.2 Å². The van der Waals surface area contributed by atoms with E-state index in [0.29, 0.717) is 22.1 Å². The van der Waals surface area contributed by atoms with E-state index < -0.39 is 0 Å². The summed E-state index contributed by atoms with van der Waals surface area (Å²) >= 11 is 7.38. The Morgan fingerprint density at radius 3 is 2.63 bits per heavy atom. The van der Waals surface area contributed by atoms with Gasteiger partial charge in [0.05, 0.1) is 0 Å². The van der Waals surface area contributed by atoms with Gasteiger partial charge < -0.3 is 4.74 Å². The molecular weight excluding hydrogens is 280 g/mol. The molecule has 19 heavy (non-hydrogen) atoms. The molecule has 0 unspecified atom stereocenters. The van der Waals surface area contributed by atoms with Crippen molar-refractivity contribution in [2.24, 2.45) is 0 Å². The molecule has 0 bridgehead atoms. The van der Waals surface area contributed by atoms with Crippen molar-refractivity contribution in [1.29, 1.82) is 0 Å². The van der Waals surface area contributed by atoms with Crippen LogP contribution in [0.3, 0.4) is 0 Å². The standard InChI is InChI=1S/C14H15ClN2OS/c1-9(2)10-6-4-5-7-11(10)18-13-8-12(15)16-14(17-13)19-3/h4-9H,1-3H3. The fourth-order valence-corrected chi connectivity index (χ4v) is 2.28. The Labute approximate surface area is 122 Å². The number of hydrogen-bond donors (Lipinski definition) is 0. The molecule has 0 saturated carbocycles. The summed E-state index contributed by atoms with van der Waals surface area (Å²) in [4.78, 5) is 8.38. The zero-order valence-corrected chi connectivity index (χ0v) is 12.6. The Kier molecular flexibility index (Phi) is 4.66. The lowest BCUT2D eigenvalue weighted by atomic mass is 10.0. The predicted molar refractivity (Wildman–Crippen MR) is 79.4 cm³/mol. The third kappa shape index (κ3) is 3.61. The average Bonchev–Trinajstić information content (AvgIpc) is 2.38. The molecule has 0 fully saturated rings. The van der Waals surface area contributed by atoms with Gasteiger partial charge in [0.15, 0.2) is 5.16 Å². The number of thioether (sulfide) groups is 1. The number of aromatic nitrogens is 2. The highest BCUT2D eigenvalue weighted by Gasteiger charge is 2.10. The maximum absolute atomic E-state index is 5.95. The molecule has 1 aromatic heterocycles. The molecule has 5 heteroatoms. The van der Waals surface area contributed by atoms with E-state index in [1.165, 1.54) is 11.8 Å². The lowest BCUT2D eigenvalue weighted by molar-refractivity contribution is 0.447. The van der Waals surface area contributed by atoms with Crippen molar-refractivity contribution in [1.82, 2.24) is 9.97 Å². The van der Waals surface area contributed by atoms with Crippen LogP contribution in [0.2, 0.25) is 5.15 Å². The molecule has 100 valence electrons. The number of halogens is 1. The van der Waals surface area contributed by atoms with Crippen LogP contribution in [0.5, 0.6) is 11.6 Å². The fraction of sp³-hybridized carbons (Fsp3) is 0.286. The minimum Gasteiger partial charge on any atom is -0.439 e. The molecule has 2 aromatic rings. The summed E-state index contributed by atoms with van der Waals surface area (Å²) in [5, 5.41) is 0.987. The maximum Gasteiger partial charge on any atom is 0.224 e. The molecule has 3 nitrogen and oxygen atoms in total. The van der Waals surface area contributed by atoms with Gasteiger partial charge in [-0.3, -0.25) is 0 Å².